The molecule has 2 heterocycles. The van der Waals surface area contributed by atoms with Crippen molar-refractivity contribution < 1.29 is 4.74 Å². The highest BCUT2D eigenvalue weighted by molar-refractivity contribution is 6.11. The monoisotopic (exact) mass is 331 g/mol. The van der Waals surface area contributed by atoms with E-state index in [-0.39, 0.29) is 0 Å². The molecule has 128 valence electrons. The van der Waals surface area contributed by atoms with Crippen LogP contribution < -0.4 is 4.74 Å². The zero-order valence-electron chi connectivity index (χ0n) is 15.4. The number of hydrogen-bond acceptors (Lipinski definition) is 2. The first-order chi connectivity index (χ1) is 12.2. The van der Waals surface area contributed by atoms with Gasteiger partial charge < -0.3 is 4.74 Å². The smallest absolute Gasteiger partial charge is 0.122 e. The lowest BCUT2D eigenvalue weighted by molar-refractivity contribution is 0.229. The van der Waals surface area contributed by atoms with Gasteiger partial charge in [0.05, 0.1) is 7.11 Å². The van der Waals surface area contributed by atoms with Crippen molar-refractivity contribution >= 4 is 21.5 Å². The first kappa shape index (κ1) is 15.2. The number of aryl methyl sites for hydroxylation is 2. The summed E-state index contributed by atoms with van der Waals surface area (Å²) in [6.45, 7) is 6.68. The minimum absolute atomic E-state index is 0.738. The first-order valence-electron chi connectivity index (χ1n) is 9.42. The van der Waals surface area contributed by atoms with Gasteiger partial charge in [0.2, 0.25) is 0 Å². The van der Waals surface area contributed by atoms with Gasteiger partial charge in [-0.15, -0.1) is 0 Å². The summed E-state index contributed by atoms with van der Waals surface area (Å²) in [6.07, 6.45) is 3.89. The maximum Gasteiger partial charge on any atom is 0.122 e. The Labute approximate surface area is 149 Å². The minimum atomic E-state index is 0.738. The summed E-state index contributed by atoms with van der Waals surface area (Å²) in [5.41, 5.74) is 5.66. The van der Waals surface area contributed by atoms with E-state index in [4.69, 9.17) is 4.74 Å². The Morgan fingerprint density at radius 1 is 0.960 bits per heavy atom. The lowest BCUT2D eigenvalue weighted by atomic mass is 9.84. The highest BCUT2D eigenvalue weighted by Gasteiger charge is 2.32. The van der Waals surface area contributed by atoms with Crippen LogP contribution in [0.2, 0.25) is 0 Å². The van der Waals surface area contributed by atoms with Crippen LogP contribution in [0.5, 0.6) is 5.75 Å². The predicted molar refractivity (Wildman–Crippen MR) is 105 cm³/mol. The molecular weight excluding hydrogens is 306 g/mol. The molecule has 0 spiro atoms. The largest absolute Gasteiger partial charge is 0.496 e. The maximum atomic E-state index is 5.65. The molecule has 0 saturated carbocycles. The van der Waals surface area contributed by atoms with Crippen molar-refractivity contribution in [2.75, 3.05) is 13.7 Å². The number of nitrogens with zero attached hydrogens (tertiary/aromatic N) is 1. The van der Waals surface area contributed by atoms with E-state index in [9.17, 15) is 0 Å². The Morgan fingerprint density at radius 2 is 1.80 bits per heavy atom. The third kappa shape index (κ3) is 2.20. The van der Waals surface area contributed by atoms with Gasteiger partial charge in [0, 0.05) is 12.6 Å². The molecule has 25 heavy (non-hydrogen) atoms. The lowest BCUT2D eigenvalue weighted by Gasteiger charge is -2.33. The molecule has 1 fully saturated rings. The van der Waals surface area contributed by atoms with Gasteiger partial charge >= 0.3 is 0 Å². The second-order valence-electron chi connectivity index (χ2n) is 7.84. The fraction of sp³-hybridized carbons (Fsp3) is 0.391. The molecule has 5 rings (SSSR count). The molecule has 2 aliphatic rings. The van der Waals surface area contributed by atoms with Crippen molar-refractivity contribution in [1.82, 2.24) is 4.90 Å². The fourth-order valence-electron chi connectivity index (χ4n) is 5.04. The summed E-state index contributed by atoms with van der Waals surface area (Å²) in [6, 6.07) is 12.3. The molecule has 0 radical (unpaired) electrons. The van der Waals surface area contributed by atoms with Gasteiger partial charge in [0.1, 0.15) is 5.75 Å². The standard InChI is InChI=1S/C23H25NO/c1-14-6-7-17-18(9-14)19-10-15(2)23(25-3)12-21(19)22-13-24-8-4-5-16(24)11-20(17)22/h6-7,9-10,12,16H,4-5,8,11,13H2,1-3H3/t16-/m0/s1. The van der Waals surface area contributed by atoms with Crippen LogP contribution in [0.4, 0.5) is 0 Å². The average molecular weight is 331 g/mol. The first-order valence-corrected chi connectivity index (χ1v) is 9.42. The molecule has 1 atom stereocenters. The number of methoxy groups -OCH3 is 1. The maximum absolute atomic E-state index is 5.65. The Morgan fingerprint density at radius 3 is 2.64 bits per heavy atom. The normalized spacial score (nSPS) is 20.0. The van der Waals surface area contributed by atoms with Crippen LogP contribution >= 0.6 is 0 Å². The van der Waals surface area contributed by atoms with Crippen LogP contribution in [0.1, 0.15) is 35.1 Å². The highest BCUT2D eigenvalue weighted by atomic mass is 16.5. The van der Waals surface area contributed by atoms with Crippen LogP contribution in [0, 0.1) is 13.8 Å². The lowest BCUT2D eigenvalue weighted by Crippen LogP contribution is -2.35. The Balaban J connectivity index is 1.90. The van der Waals surface area contributed by atoms with E-state index in [1.165, 1.54) is 64.0 Å². The van der Waals surface area contributed by atoms with Gasteiger partial charge in [-0.05, 0) is 90.0 Å². The molecule has 3 aromatic rings. The molecule has 0 bridgehead atoms. The summed E-state index contributed by atoms with van der Waals surface area (Å²) < 4.78 is 5.65. The van der Waals surface area contributed by atoms with E-state index in [0.29, 0.717) is 0 Å². The molecule has 0 aromatic heterocycles. The van der Waals surface area contributed by atoms with Crippen molar-refractivity contribution in [2.45, 2.75) is 45.7 Å². The van der Waals surface area contributed by atoms with Crippen molar-refractivity contribution in [3.8, 4) is 5.75 Å². The van der Waals surface area contributed by atoms with Crippen LogP contribution in [0.15, 0.2) is 30.3 Å². The molecule has 2 aliphatic heterocycles. The summed E-state index contributed by atoms with van der Waals surface area (Å²) in [5.74, 6) is 1.00. The third-order valence-electron chi connectivity index (χ3n) is 6.31. The summed E-state index contributed by atoms with van der Waals surface area (Å²) >= 11 is 0. The quantitative estimate of drug-likeness (QED) is 0.573. The highest BCUT2D eigenvalue weighted by Crippen LogP contribution is 2.41. The molecule has 1 saturated heterocycles. The van der Waals surface area contributed by atoms with E-state index in [0.717, 1.165) is 18.3 Å². The number of fused-ring (bicyclic) bond motifs is 7. The Kier molecular flexibility index (Phi) is 3.33. The van der Waals surface area contributed by atoms with Gasteiger partial charge in [-0.25, -0.2) is 0 Å². The molecule has 0 amide bonds. The summed E-state index contributed by atoms with van der Waals surface area (Å²) in [7, 11) is 1.78. The summed E-state index contributed by atoms with van der Waals surface area (Å²) in [4.78, 5) is 2.69. The van der Waals surface area contributed by atoms with E-state index >= 15 is 0 Å². The fourth-order valence-corrected chi connectivity index (χ4v) is 5.04. The van der Waals surface area contributed by atoms with Gasteiger partial charge in [-0.2, -0.15) is 0 Å². The number of rotatable bonds is 1. The van der Waals surface area contributed by atoms with E-state index in [2.05, 4.69) is 49.1 Å². The second kappa shape index (κ2) is 5.47. The number of benzene rings is 3. The van der Waals surface area contributed by atoms with Gasteiger partial charge in [-0.3, -0.25) is 4.90 Å². The zero-order chi connectivity index (χ0) is 17.1. The molecule has 2 heteroatoms. The molecule has 0 N–H and O–H groups in total. The van der Waals surface area contributed by atoms with Gasteiger partial charge in [0.25, 0.3) is 0 Å². The second-order valence-corrected chi connectivity index (χ2v) is 7.84. The van der Waals surface area contributed by atoms with Crippen LogP contribution in [-0.2, 0) is 13.0 Å². The SMILES string of the molecule is COc1cc2c3c(c4ccc(C)cc4c2cc1C)C[C@@H]1CCCN1C3. The van der Waals surface area contributed by atoms with Crippen LogP contribution in [0.25, 0.3) is 21.5 Å². The van der Waals surface area contributed by atoms with Crippen LogP contribution in [0.3, 0.4) is 0 Å². The van der Waals surface area contributed by atoms with Crippen molar-refractivity contribution in [2.24, 2.45) is 0 Å². The molecule has 0 aliphatic carbocycles. The van der Waals surface area contributed by atoms with E-state index in [1.54, 1.807) is 12.7 Å². The van der Waals surface area contributed by atoms with Crippen molar-refractivity contribution in [3.63, 3.8) is 0 Å². The summed E-state index contributed by atoms with van der Waals surface area (Å²) in [5, 5.41) is 5.64. The zero-order valence-corrected chi connectivity index (χ0v) is 15.4. The number of ether oxygens (including phenoxy) is 1. The van der Waals surface area contributed by atoms with Crippen LogP contribution in [-0.4, -0.2) is 24.6 Å². The van der Waals surface area contributed by atoms with Gasteiger partial charge in [-0.1, -0.05) is 23.8 Å². The third-order valence-corrected chi connectivity index (χ3v) is 6.31. The molecule has 2 nitrogen and oxygen atoms in total. The molecular formula is C23H25NO. The molecule has 3 aromatic carbocycles. The predicted octanol–water partition coefficient (Wildman–Crippen LogP) is 5.14. The van der Waals surface area contributed by atoms with Gasteiger partial charge in [0.15, 0.2) is 0 Å². The average Bonchev–Trinajstić information content (AvgIpc) is 3.07. The van der Waals surface area contributed by atoms with Crippen molar-refractivity contribution in [3.05, 3.63) is 52.6 Å². The minimum Gasteiger partial charge on any atom is -0.496 e. The van der Waals surface area contributed by atoms with E-state index in [1.807, 2.05) is 0 Å². The Bertz CT molecular complexity index is 1000. The molecule has 0 unspecified atom stereocenters. The number of hydrogen-bond donors (Lipinski definition) is 0. The van der Waals surface area contributed by atoms with Crippen molar-refractivity contribution in [1.29, 1.82) is 0 Å². The Hall–Kier alpha value is -2.06. The topological polar surface area (TPSA) is 12.5 Å². The van der Waals surface area contributed by atoms with E-state index < -0.39 is 0 Å².